The summed E-state index contributed by atoms with van der Waals surface area (Å²) in [6, 6.07) is 3.70. The number of aromatic hydroxyl groups is 1. The summed E-state index contributed by atoms with van der Waals surface area (Å²) in [5.74, 6) is 0.182. The molecule has 0 spiro atoms. The van der Waals surface area contributed by atoms with Crippen LogP contribution >= 0.6 is 79.6 Å². The highest BCUT2D eigenvalue weighted by atomic mass is 79.9. The average molecular weight is 554 g/mol. The van der Waals surface area contributed by atoms with Crippen LogP contribution in [0.15, 0.2) is 34.6 Å². The lowest BCUT2D eigenvalue weighted by atomic mass is 10.1. The van der Waals surface area contributed by atoms with Crippen molar-refractivity contribution in [1.82, 2.24) is 4.98 Å². The molecule has 0 saturated carbocycles. The first-order valence-electron chi connectivity index (χ1n) is 4.33. The van der Waals surface area contributed by atoms with Crippen LogP contribution in [0.5, 0.6) is 5.75 Å². The zero-order valence-electron chi connectivity index (χ0n) is 7.99. The predicted octanol–water partition coefficient (Wildman–Crippen LogP) is 6.20. The van der Waals surface area contributed by atoms with Gasteiger partial charge in [-0.25, -0.2) is 0 Å². The minimum Gasteiger partial charge on any atom is -0.506 e. The Hall–Kier alpha value is 0.700. The standard InChI is InChI=1S/C10H4Br5NO/c11-4-2-1-3(9(17)5(4)12)8-6(13)7(14)10(15)16-8/h1-2,16-17H. The maximum absolute atomic E-state index is 10.1. The predicted molar refractivity (Wildman–Crippen MR) is 86.4 cm³/mol. The third-order valence-electron chi connectivity index (χ3n) is 2.18. The van der Waals surface area contributed by atoms with Gasteiger partial charge >= 0.3 is 0 Å². The number of nitrogens with one attached hydrogen (secondary N) is 1. The highest BCUT2D eigenvalue weighted by Crippen LogP contribution is 2.45. The number of H-pyrrole nitrogens is 1. The van der Waals surface area contributed by atoms with Gasteiger partial charge in [-0.1, -0.05) is 0 Å². The normalized spacial score (nSPS) is 10.9. The van der Waals surface area contributed by atoms with Crippen molar-refractivity contribution in [2.75, 3.05) is 0 Å². The Balaban J connectivity index is 2.69. The molecular formula is C10H4Br5NO. The largest absolute Gasteiger partial charge is 0.506 e. The number of rotatable bonds is 1. The fourth-order valence-corrected chi connectivity index (χ4v) is 3.49. The Labute approximate surface area is 140 Å². The first-order valence-corrected chi connectivity index (χ1v) is 8.29. The lowest BCUT2D eigenvalue weighted by Crippen LogP contribution is -1.82. The van der Waals surface area contributed by atoms with Crippen molar-refractivity contribution in [3.63, 3.8) is 0 Å². The van der Waals surface area contributed by atoms with E-state index in [1.807, 2.05) is 12.1 Å². The van der Waals surface area contributed by atoms with Crippen LogP contribution in [-0.4, -0.2) is 10.1 Å². The van der Waals surface area contributed by atoms with Crippen molar-refractivity contribution < 1.29 is 5.11 Å². The molecule has 90 valence electrons. The van der Waals surface area contributed by atoms with E-state index in [2.05, 4.69) is 84.6 Å². The molecule has 0 fully saturated rings. The van der Waals surface area contributed by atoms with Crippen LogP contribution in [0, 0.1) is 0 Å². The van der Waals surface area contributed by atoms with Gasteiger partial charge in [0.2, 0.25) is 0 Å². The molecule has 0 bridgehead atoms. The quantitative estimate of drug-likeness (QED) is 0.434. The van der Waals surface area contributed by atoms with Gasteiger partial charge in [0.15, 0.2) is 0 Å². The number of aromatic nitrogens is 1. The van der Waals surface area contributed by atoms with Crippen LogP contribution in [0.2, 0.25) is 0 Å². The monoisotopic (exact) mass is 549 g/mol. The summed E-state index contributed by atoms with van der Waals surface area (Å²) in [4.78, 5) is 3.14. The van der Waals surface area contributed by atoms with Gasteiger partial charge in [-0.05, 0) is 91.8 Å². The fourth-order valence-electron chi connectivity index (χ4n) is 1.35. The van der Waals surface area contributed by atoms with Gasteiger partial charge in [-0.3, -0.25) is 0 Å². The minimum atomic E-state index is 0.182. The molecule has 1 aromatic heterocycles. The van der Waals surface area contributed by atoms with Crippen molar-refractivity contribution in [1.29, 1.82) is 0 Å². The van der Waals surface area contributed by atoms with Crippen LogP contribution in [0.1, 0.15) is 0 Å². The maximum Gasteiger partial charge on any atom is 0.140 e. The van der Waals surface area contributed by atoms with Crippen LogP contribution in [0.4, 0.5) is 0 Å². The minimum absolute atomic E-state index is 0.182. The maximum atomic E-state index is 10.1. The SMILES string of the molecule is Oc1c(-c2[nH]c(Br)c(Br)c2Br)ccc(Br)c1Br. The van der Waals surface area contributed by atoms with Gasteiger partial charge in [-0.2, -0.15) is 0 Å². The first kappa shape index (κ1) is 14.1. The summed E-state index contributed by atoms with van der Waals surface area (Å²) in [5.41, 5.74) is 1.51. The summed E-state index contributed by atoms with van der Waals surface area (Å²) in [6.45, 7) is 0. The van der Waals surface area contributed by atoms with E-state index in [-0.39, 0.29) is 5.75 Å². The molecular weight excluding hydrogens is 550 g/mol. The Morgan fingerprint density at radius 3 is 2.06 bits per heavy atom. The molecule has 0 aliphatic heterocycles. The third kappa shape index (κ3) is 2.54. The molecule has 7 heteroatoms. The van der Waals surface area contributed by atoms with E-state index >= 15 is 0 Å². The summed E-state index contributed by atoms with van der Waals surface area (Å²) < 4.78 is 3.99. The number of hydrogen-bond acceptors (Lipinski definition) is 1. The third-order valence-corrected chi connectivity index (χ3v) is 7.42. The Kier molecular flexibility index (Phi) is 4.45. The van der Waals surface area contributed by atoms with Gasteiger partial charge in [0.1, 0.15) is 5.75 Å². The Morgan fingerprint density at radius 1 is 0.882 bits per heavy atom. The molecule has 1 aromatic carbocycles. The molecule has 0 saturated heterocycles. The molecule has 2 N–H and O–H groups in total. The molecule has 0 unspecified atom stereocenters. The number of benzene rings is 1. The second kappa shape index (κ2) is 5.36. The molecule has 0 amide bonds. The highest BCUT2D eigenvalue weighted by Gasteiger charge is 2.18. The van der Waals surface area contributed by atoms with Crippen LogP contribution < -0.4 is 0 Å². The zero-order chi connectivity index (χ0) is 12.7. The van der Waals surface area contributed by atoms with Crippen molar-refractivity contribution in [2.45, 2.75) is 0 Å². The average Bonchev–Trinajstić information content (AvgIpc) is 2.54. The molecule has 0 atom stereocenters. The lowest BCUT2D eigenvalue weighted by Gasteiger charge is -2.07. The second-order valence-electron chi connectivity index (χ2n) is 3.20. The van der Waals surface area contributed by atoms with Crippen LogP contribution in [-0.2, 0) is 0 Å². The topological polar surface area (TPSA) is 36.0 Å². The van der Waals surface area contributed by atoms with Gasteiger partial charge in [0, 0.05) is 10.0 Å². The molecule has 2 aromatic rings. The van der Waals surface area contributed by atoms with Crippen molar-refractivity contribution in [3.05, 3.63) is 34.6 Å². The number of hydrogen-bond donors (Lipinski definition) is 2. The van der Waals surface area contributed by atoms with E-state index in [9.17, 15) is 5.11 Å². The Bertz CT molecular complexity index is 593. The first-order chi connectivity index (χ1) is 7.93. The van der Waals surface area contributed by atoms with Crippen LogP contribution in [0.25, 0.3) is 11.3 Å². The van der Waals surface area contributed by atoms with Gasteiger partial charge in [0.25, 0.3) is 0 Å². The Morgan fingerprint density at radius 2 is 1.53 bits per heavy atom. The van der Waals surface area contributed by atoms with E-state index in [1.54, 1.807) is 0 Å². The van der Waals surface area contributed by atoms with E-state index in [4.69, 9.17) is 0 Å². The summed E-state index contributed by atoms with van der Waals surface area (Å²) in [5, 5.41) is 10.1. The smallest absolute Gasteiger partial charge is 0.140 e. The van der Waals surface area contributed by atoms with E-state index in [1.165, 1.54) is 0 Å². The van der Waals surface area contributed by atoms with Crippen molar-refractivity contribution >= 4 is 79.6 Å². The van der Waals surface area contributed by atoms with Gasteiger partial charge in [0.05, 0.1) is 23.7 Å². The van der Waals surface area contributed by atoms with Crippen LogP contribution in [0.3, 0.4) is 0 Å². The molecule has 2 rings (SSSR count). The molecule has 0 aliphatic carbocycles. The zero-order valence-corrected chi connectivity index (χ0v) is 15.9. The summed E-state index contributed by atoms with van der Waals surface area (Å²) >= 11 is 17.0. The summed E-state index contributed by atoms with van der Waals surface area (Å²) in [6.07, 6.45) is 0. The molecule has 0 radical (unpaired) electrons. The second-order valence-corrected chi connectivity index (χ2v) is 7.23. The lowest BCUT2D eigenvalue weighted by molar-refractivity contribution is 0.473. The molecule has 17 heavy (non-hydrogen) atoms. The number of phenols is 1. The number of phenolic OH excluding ortho intramolecular Hbond substituents is 1. The van der Waals surface area contributed by atoms with Crippen molar-refractivity contribution in [3.8, 4) is 17.0 Å². The van der Waals surface area contributed by atoms with E-state index in [0.29, 0.717) is 10.0 Å². The molecule has 1 heterocycles. The number of aromatic amines is 1. The summed E-state index contributed by atoms with van der Waals surface area (Å²) in [7, 11) is 0. The molecule has 2 nitrogen and oxygen atoms in total. The van der Waals surface area contributed by atoms with Crippen molar-refractivity contribution in [2.24, 2.45) is 0 Å². The number of halogens is 5. The van der Waals surface area contributed by atoms with E-state index in [0.717, 1.165) is 23.7 Å². The fraction of sp³-hybridized carbons (Fsp3) is 0. The highest BCUT2D eigenvalue weighted by molar-refractivity contribution is 9.14. The van der Waals surface area contributed by atoms with Gasteiger partial charge in [-0.15, -0.1) is 0 Å². The van der Waals surface area contributed by atoms with Gasteiger partial charge < -0.3 is 10.1 Å². The van der Waals surface area contributed by atoms with E-state index < -0.39 is 0 Å². The molecule has 0 aliphatic rings.